The van der Waals surface area contributed by atoms with Gasteiger partial charge >= 0.3 is 0 Å². The zero-order valence-electron chi connectivity index (χ0n) is 40.4. The van der Waals surface area contributed by atoms with Gasteiger partial charge in [0.25, 0.3) is 0 Å². The summed E-state index contributed by atoms with van der Waals surface area (Å²) in [5.74, 6) is 0. The number of aromatic nitrogens is 1. The third kappa shape index (κ3) is 6.37. The number of fused-ring (bicyclic) bond motifs is 10. The number of hydrogen-bond donors (Lipinski definition) is 0. The third-order valence-electron chi connectivity index (χ3n) is 15.7. The van der Waals surface area contributed by atoms with Crippen molar-refractivity contribution in [2.75, 3.05) is 4.90 Å². The Morgan fingerprint density at radius 3 is 1.70 bits per heavy atom. The normalized spacial score (nSPS) is 12.7. The maximum absolute atomic E-state index is 2.50. The Morgan fingerprint density at radius 1 is 0.338 bits per heavy atom. The first-order valence-corrected chi connectivity index (χ1v) is 26.3. The summed E-state index contributed by atoms with van der Waals surface area (Å²) in [6, 6.07) is 103. The molecular weight excluding hydrogens is 913 g/mol. The maximum atomic E-state index is 2.50. The molecule has 0 radical (unpaired) electrons. The predicted molar refractivity (Wildman–Crippen MR) is 314 cm³/mol. The van der Waals surface area contributed by atoms with Gasteiger partial charge in [0.2, 0.25) is 0 Å². The number of rotatable bonds is 8. The molecule has 3 heteroatoms. The van der Waals surface area contributed by atoms with Gasteiger partial charge in [0.1, 0.15) is 0 Å². The smallest absolute Gasteiger partial charge is 0.0714 e. The summed E-state index contributed by atoms with van der Waals surface area (Å²) in [7, 11) is 0. The van der Waals surface area contributed by atoms with E-state index in [1.165, 1.54) is 109 Å². The van der Waals surface area contributed by atoms with Crippen LogP contribution in [0.15, 0.2) is 279 Å². The minimum Gasteiger partial charge on any atom is -0.310 e. The molecule has 15 rings (SSSR count). The van der Waals surface area contributed by atoms with Crippen molar-refractivity contribution in [3.63, 3.8) is 0 Å². The highest BCUT2D eigenvalue weighted by Gasteiger charge is 2.46. The Labute approximate surface area is 433 Å². The molecule has 0 fully saturated rings. The summed E-state index contributed by atoms with van der Waals surface area (Å²) in [5.41, 5.74) is 18.8. The zero-order valence-corrected chi connectivity index (χ0v) is 41.2. The number of benzene rings is 12. The molecule has 0 atom stereocenters. The minimum absolute atomic E-state index is 0.522. The van der Waals surface area contributed by atoms with Gasteiger partial charge in [-0.05, 0) is 122 Å². The summed E-state index contributed by atoms with van der Waals surface area (Å²) in [4.78, 5) is 2.46. The average molecular weight is 959 g/mol. The second kappa shape index (κ2) is 16.9. The van der Waals surface area contributed by atoms with Crippen LogP contribution in [0.1, 0.15) is 22.3 Å². The standard InChI is InChI=1S/C71H46N2S/c1-3-21-50(22-4-1)71(51-23-5-2-6-24-51)62-31-14-11-28-57(62)58-44-42-53(46-63(58)71)72(64-33-17-20-47-19-7-8-27-56(47)64)52-40-37-48(38-41-52)54-25-9-10-26-55(54)49-39-43-60-59-29-12-15-32-65(59)73(67(60)45-49)66-34-18-36-69-70(66)61-30-13-16-35-68(61)74-69/h1-46H. The van der Waals surface area contributed by atoms with E-state index in [0.717, 1.165) is 22.6 Å². The van der Waals surface area contributed by atoms with E-state index in [1.54, 1.807) is 0 Å². The van der Waals surface area contributed by atoms with Gasteiger partial charge in [-0.1, -0.05) is 218 Å². The molecule has 0 amide bonds. The quantitative estimate of drug-likeness (QED) is 0.147. The molecule has 0 spiro atoms. The SMILES string of the molecule is c1ccc(C2(c3ccccc3)c3ccccc3-c3ccc(N(c4ccc(-c5ccccc5-c5ccc6c7ccccc7n(-c7cccc8sc9ccccc9c78)c6c5)cc4)c4cccc5ccccc45)cc32)cc1. The van der Waals surface area contributed by atoms with Crippen LogP contribution in [0.3, 0.4) is 0 Å². The number of para-hydroxylation sites is 1. The fourth-order valence-electron chi connectivity index (χ4n) is 12.5. The van der Waals surface area contributed by atoms with Gasteiger partial charge in [0.05, 0.1) is 27.8 Å². The first-order valence-electron chi connectivity index (χ1n) is 25.5. The molecule has 0 saturated heterocycles. The molecular formula is C71H46N2S. The molecule has 14 aromatic rings. The molecule has 346 valence electrons. The van der Waals surface area contributed by atoms with Crippen LogP contribution in [0.2, 0.25) is 0 Å². The molecule has 2 heterocycles. The van der Waals surface area contributed by atoms with Gasteiger partial charge in [-0.2, -0.15) is 0 Å². The van der Waals surface area contributed by atoms with Gasteiger partial charge in [0.15, 0.2) is 0 Å². The lowest BCUT2D eigenvalue weighted by Gasteiger charge is -2.35. The average Bonchev–Trinajstić information content (AvgIpc) is 4.13. The van der Waals surface area contributed by atoms with Crippen molar-refractivity contribution < 1.29 is 0 Å². The molecule has 74 heavy (non-hydrogen) atoms. The van der Waals surface area contributed by atoms with Crippen molar-refractivity contribution in [1.82, 2.24) is 4.57 Å². The summed E-state index contributed by atoms with van der Waals surface area (Å²) < 4.78 is 5.10. The summed E-state index contributed by atoms with van der Waals surface area (Å²) >= 11 is 1.87. The fraction of sp³-hybridized carbons (Fsp3) is 0.0141. The maximum Gasteiger partial charge on any atom is 0.0714 e. The monoisotopic (exact) mass is 958 g/mol. The topological polar surface area (TPSA) is 8.17 Å². The highest BCUT2D eigenvalue weighted by molar-refractivity contribution is 7.25. The van der Waals surface area contributed by atoms with E-state index in [2.05, 4.69) is 289 Å². The molecule has 0 N–H and O–H groups in total. The first-order chi connectivity index (χ1) is 36.7. The Hall–Kier alpha value is -9.28. The first kappa shape index (κ1) is 42.4. The predicted octanol–water partition coefficient (Wildman–Crippen LogP) is 19.5. The van der Waals surface area contributed by atoms with Crippen LogP contribution in [0.25, 0.3) is 91.8 Å². The van der Waals surface area contributed by atoms with Crippen LogP contribution in [0, 0.1) is 0 Å². The van der Waals surface area contributed by atoms with E-state index < -0.39 is 5.41 Å². The summed E-state index contributed by atoms with van der Waals surface area (Å²) in [5, 5.41) is 7.50. The molecule has 12 aromatic carbocycles. The number of anilines is 3. The van der Waals surface area contributed by atoms with E-state index in [9.17, 15) is 0 Å². The lowest BCUT2D eigenvalue weighted by molar-refractivity contribution is 0.768. The molecule has 2 nitrogen and oxygen atoms in total. The Kier molecular flexibility index (Phi) is 9.70. The van der Waals surface area contributed by atoms with Crippen molar-refractivity contribution in [2.24, 2.45) is 0 Å². The van der Waals surface area contributed by atoms with Gasteiger partial charge in [-0.15, -0.1) is 11.3 Å². The lowest BCUT2D eigenvalue weighted by atomic mass is 9.67. The van der Waals surface area contributed by atoms with Gasteiger partial charge < -0.3 is 9.47 Å². The van der Waals surface area contributed by atoms with Crippen molar-refractivity contribution in [3.05, 3.63) is 301 Å². The number of hydrogen-bond acceptors (Lipinski definition) is 2. The van der Waals surface area contributed by atoms with Gasteiger partial charge in [0, 0.05) is 47.7 Å². The number of thiophene rings is 1. The van der Waals surface area contributed by atoms with E-state index in [4.69, 9.17) is 0 Å². The second-order valence-corrected chi connectivity index (χ2v) is 20.6. The van der Waals surface area contributed by atoms with Crippen molar-refractivity contribution in [1.29, 1.82) is 0 Å². The van der Waals surface area contributed by atoms with E-state index in [1.807, 2.05) is 11.3 Å². The molecule has 1 aliphatic rings. The molecule has 0 aliphatic heterocycles. The van der Waals surface area contributed by atoms with Crippen LogP contribution < -0.4 is 4.90 Å². The van der Waals surface area contributed by atoms with Crippen molar-refractivity contribution in [2.45, 2.75) is 5.41 Å². The van der Waals surface area contributed by atoms with Gasteiger partial charge in [-0.3, -0.25) is 0 Å². The van der Waals surface area contributed by atoms with E-state index in [-0.39, 0.29) is 0 Å². The Balaban J connectivity index is 0.888. The highest BCUT2D eigenvalue weighted by Crippen LogP contribution is 2.57. The summed E-state index contributed by atoms with van der Waals surface area (Å²) in [6.45, 7) is 0. The molecule has 0 saturated carbocycles. The van der Waals surface area contributed by atoms with Crippen LogP contribution in [-0.4, -0.2) is 4.57 Å². The van der Waals surface area contributed by atoms with Crippen molar-refractivity contribution in [3.8, 4) is 39.1 Å². The zero-order chi connectivity index (χ0) is 48.7. The molecule has 2 aromatic heterocycles. The van der Waals surface area contributed by atoms with Crippen LogP contribution in [-0.2, 0) is 5.41 Å². The number of nitrogens with zero attached hydrogens (tertiary/aromatic N) is 2. The minimum atomic E-state index is -0.522. The molecule has 0 bridgehead atoms. The Bertz CT molecular complexity index is 4440. The molecule has 0 unspecified atom stereocenters. The molecule has 1 aliphatic carbocycles. The van der Waals surface area contributed by atoms with Gasteiger partial charge in [-0.25, -0.2) is 0 Å². The highest BCUT2D eigenvalue weighted by atomic mass is 32.1. The fourth-order valence-corrected chi connectivity index (χ4v) is 13.6. The largest absolute Gasteiger partial charge is 0.310 e. The van der Waals surface area contributed by atoms with Crippen molar-refractivity contribution >= 4 is 81.1 Å². The lowest BCUT2D eigenvalue weighted by Crippen LogP contribution is -2.28. The second-order valence-electron chi connectivity index (χ2n) is 19.5. The Morgan fingerprint density at radius 2 is 0.905 bits per heavy atom. The van der Waals surface area contributed by atoms with Crippen LogP contribution >= 0.6 is 11.3 Å². The van der Waals surface area contributed by atoms with E-state index in [0.29, 0.717) is 0 Å². The van der Waals surface area contributed by atoms with E-state index >= 15 is 0 Å². The van der Waals surface area contributed by atoms with Crippen LogP contribution in [0.4, 0.5) is 17.1 Å². The third-order valence-corrected chi connectivity index (χ3v) is 16.8. The van der Waals surface area contributed by atoms with Crippen LogP contribution in [0.5, 0.6) is 0 Å². The summed E-state index contributed by atoms with van der Waals surface area (Å²) in [6.07, 6.45) is 0.